The van der Waals surface area contributed by atoms with E-state index in [4.69, 9.17) is 9.47 Å². The lowest BCUT2D eigenvalue weighted by atomic mass is 9.78. The number of methoxy groups -OCH3 is 2. The molecule has 8 heteroatoms. The van der Waals surface area contributed by atoms with Crippen molar-refractivity contribution in [3.05, 3.63) is 74.7 Å². The van der Waals surface area contributed by atoms with Gasteiger partial charge in [0.15, 0.2) is 0 Å². The normalized spacial score (nSPS) is 18.4. The summed E-state index contributed by atoms with van der Waals surface area (Å²) < 4.78 is 10.8. The van der Waals surface area contributed by atoms with Crippen molar-refractivity contribution < 1.29 is 19.1 Å². The average molecular weight is 487 g/mol. The van der Waals surface area contributed by atoms with E-state index in [1.165, 1.54) is 18.9 Å². The summed E-state index contributed by atoms with van der Waals surface area (Å²) >= 11 is 4.79. The number of carbonyl (C=O) groups excluding carboxylic acids is 2. The first-order valence-corrected chi connectivity index (χ1v) is 10.8. The third-order valence-corrected chi connectivity index (χ3v) is 6.45. The number of ether oxygens (including phenoxy) is 2. The fourth-order valence-corrected chi connectivity index (χ4v) is 4.85. The van der Waals surface area contributed by atoms with Gasteiger partial charge < -0.3 is 14.8 Å². The molecule has 1 N–H and O–H groups in total. The number of nitriles is 1. The van der Waals surface area contributed by atoms with Gasteiger partial charge in [0.1, 0.15) is 11.7 Å². The molecular formula is C22H19BrN2O4S. The number of hydrogen-bond donors (Lipinski definition) is 1. The molecule has 3 rings (SSSR count). The highest BCUT2D eigenvalue weighted by molar-refractivity contribution is 9.10. The second kappa shape index (κ2) is 9.83. The van der Waals surface area contributed by atoms with Crippen LogP contribution in [0, 0.1) is 17.2 Å². The summed E-state index contributed by atoms with van der Waals surface area (Å²) in [6.07, 6.45) is 0. The summed E-state index contributed by atoms with van der Waals surface area (Å²) in [5.41, 5.74) is 2.02. The van der Waals surface area contributed by atoms with Gasteiger partial charge in [-0.25, -0.2) is 0 Å². The molecule has 0 unspecified atom stereocenters. The largest absolute Gasteiger partial charge is 0.496 e. The van der Waals surface area contributed by atoms with E-state index < -0.39 is 23.7 Å². The monoisotopic (exact) mass is 486 g/mol. The minimum Gasteiger partial charge on any atom is -0.496 e. The summed E-state index contributed by atoms with van der Waals surface area (Å²) in [4.78, 5) is 25.3. The lowest BCUT2D eigenvalue weighted by molar-refractivity contribution is -0.150. The van der Waals surface area contributed by atoms with Crippen LogP contribution in [0.4, 0.5) is 0 Å². The first kappa shape index (κ1) is 21.9. The third-order valence-electron chi connectivity index (χ3n) is 4.74. The van der Waals surface area contributed by atoms with Crippen LogP contribution in [0.25, 0.3) is 0 Å². The number of rotatable bonds is 6. The van der Waals surface area contributed by atoms with Crippen LogP contribution < -0.4 is 10.1 Å². The molecule has 6 nitrogen and oxygen atoms in total. The highest BCUT2D eigenvalue weighted by atomic mass is 79.9. The van der Waals surface area contributed by atoms with E-state index >= 15 is 0 Å². The second-order valence-corrected chi connectivity index (χ2v) is 8.33. The molecule has 0 saturated carbocycles. The van der Waals surface area contributed by atoms with Crippen molar-refractivity contribution in [3.63, 3.8) is 0 Å². The van der Waals surface area contributed by atoms with Crippen LogP contribution in [0.2, 0.25) is 0 Å². The number of nitrogens with one attached hydrogen (secondary N) is 1. The second-order valence-electron chi connectivity index (χ2n) is 6.49. The molecular weight excluding hydrogens is 468 g/mol. The van der Waals surface area contributed by atoms with Crippen molar-refractivity contribution in [3.8, 4) is 11.8 Å². The van der Waals surface area contributed by atoms with Crippen molar-refractivity contribution in [2.24, 2.45) is 5.92 Å². The summed E-state index contributed by atoms with van der Waals surface area (Å²) in [7, 11) is 2.77. The minimum absolute atomic E-state index is 0.322. The first-order valence-electron chi connectivity index (χ1n) is 9.03. The number of esters is 1. The Bertz CT molecular complexity index is 1030. The lowest BCUT2D eigenvalue weighted by Crippen LogP contribution is -2.44. The summed E-state index contributed by atoms with van der Waals surface area (Å²) in [5.74, 6) is -1.93. The lowest BCUT2D eigenvalue weighted by Gasteiger charge is -2.31. The highest BCUT2D eigenvalue weighted by Gasteiger charge is 2.44. The van der Waals surface area contributed by atoms with Crippen molar-refractivity contribution in [1.82, 2.24) is 5.32 Å². The summed E-state index contributed by atoms with van der Waals surface area (Å²) in [5, 5.41) is 13.1. The smallest absolute Gasteiger partial charge is 0.319 e. The maximum absolute atomic E-state index is 12.9. The molecule has 154 valence electrons. The number of thioether (sulfide) groups is 1. The number of hydrogen-bond acceptors (Lipinski definition) is 6. The molecule has 1 aliphatic rings. The fourth-order valence-electron chi connectivity index (χ4n) is 3.29. The van der Waals surface area contributed by atoms with Crippen LogP contribution in [-0.4, -0.2) is 26.1 Å². The molecule has 0 bridgehead atoms. The number of nitrogens with zero attached hydrogens (tertiary/aromatic N) is 1. The van der Waals surface area contributed by atoms with Crippen molar-refractivity contribution >= 4 is 39.6 Å². The molecule has 30 heavy (non-hydrogen) atoms. The van der Waals surface area contributed by atoms with Crippen molar-refractivity contribution in [1.29, 1.82) is 5.26 Å². The number of halogens is 1. The van der Waals surface area contributed by atoms with Gasteiger partial charge in [-0.15, -0.1) is 11.8 Å². The quantitative estimate of drug-likeness (QED) is 0.487. The van der Waals surface area contributed by atoms with Gasteiger partial charge in [-0.1, -0.05) is 36.4 Å². The molecule has 0 spiro atoms. The number of amides is 1. The molecule has 2 atom stereocenters. The van der Waals surface area contributed by atoms with E-state index in [-0.39, 0.29) is 0 Å². The Hall–Kier alpha value is -2.76. The molecule has 1 amide bonds. The van der Waals surface area contributed by atoms with Crippen molar-refractivity contribution in [2.75, 3.05) is 14.2 Å². The van der Waals surface area contributed by atoms with Crippen LogP contribution in [0.1, 0.15) is 17.0 Å². The predicted molar refractivity (Wildman–Crippen MR) is 117 cm³/mol. The van der Waals surface area contributed by atoms with Gasteiger partial charge >= 0.3 is 5.97 Å². The number of allylic oxidation sites excluding steroid dienone is 1. The maximum atomic E-state index is 12.9. The molecule has 0 radical (unpaired) electrons. The highest BCUT2D eigenvalue weighted by Crippen LogP contribution is 2.42. The molecule has 2 aromatic carbocycles. The van der Waals surface area contributed by atoms with E-state index in [2.05, 4.69) is 27.3 Å². The SMILES string of the molecule is COC(=O)[C@@H]1C(=O)NC(SCc2ccccc2)=C(C#N)[C@@H]1c1ccc(OC)c(Br)c1. The van der Waals surface area contributed by atoms with E-state index in [0.29, 0.717) is 32.1 Å². The fraction of sp³-hybridized carbons (Fsp3) is 0.227. The zero-order valence-corrected chi connectivity index (χ0v) is 18.7. The zero-order valence-electron chi connectivity index (χ0n) is 16.3. The Kier molecular flexibility index (Phi) is 7.19. The van der Waals surface area contributed by atoms with Crippen LogP contribution in [-0.2, 0) is 20.1 Å². The Morgan fingerprint density at radius 2 is 1.97 bits per heavy atom. The minimum atomic E-state index is -1.16. The molecule has 0 aromatic heterocycles. The van der Waals surface area contributed by atoms with Gasteiger partial charge in [-0.3, -0.25) is 9.59 Å². The van der Waals surface area contributed by atoms with Gasteiger partial charge in [0.05, 0.1) is 35.4 Å². The van der Waals surface area contributed by atoms with Gasteiger partial charge in [-0.05, 0) is 39.2 Å². The van der Waals surface area contributed by atoms with E-state index in [1.807, 2.05) is 30.3 Å². The van der Waals surface area contributed by atoms with Gasteiger partial charge in [-0.2, -0.15) is 5.26 Å². The molecule has 2 aromatic rings. The van der Waals surface area contributed by atoms with Gasteiger partial charge in [0.25, 0.3) is 0 Å². The van der Waals surface area contributed by atoms with Gasteiger partial charge in [0, 0.05) is 11.7 Å². The first-order chi connectivity index (χ1) is 14.5. The summed E-state index contributed by atoms with van der Waals surface area (Å²) in [6.45, 7) is 0. The molecule has 0 fully saturated rings. The number of carbonyl (C=O) groups is 2. The Labute approximate surface area is 187 Å². The summed E-state index contributed by atoms with van der Waals surface area (Å²) in [6, 6.07) is 17.2. The van der Waals surface area contributed by atoms with E-state index in [1.54, 1.807) is 25.3 Å². The maximum Gasteiger partial charge on any atom is 0.319 e. The van der Waals surface area contributed by atoms with Crippen LogP contribution >= 0.6 is 27.7 Å². The van der Waals surface area contributed by atoms with Crippen molar-refractivity contribution in [2.45, 2.75) is 11.7 Å². The zero-order chi connectivity index (χ0) is 21.7. The third kappa shape index (κ3) is 4.53. The Balaban J connectivity index is 2.06. The van der Waals surface area contributed by atoms with Crippen LogP contribution in [0.3, 0.4) is 0 Å². The average Bonchev–Trinajstić information content (AvgIpc) is 2.77. The van der Waals surface area contributed by atoms with E-state index in [9.17, 15) is 14.9 Å². The van der Waals surface area contributed by atoms with Crippen LogP contribution in [0.5, 0.6) is 5.75 Å². The number of benzene rings is 2. The Morgan fingerprint density at radius 1 is 1.23 bits per heavy atom. The Morgan fingerprint density at radius 3 is 2.57 bits per heavy atom. The molecule has 0 aliphatic carbocycles. The topological polar surface area (TPSA) is 88.4 Å². The molecule has 1 heterocycles. The van der Waals surface area contributed by atoms with Crippen LogP contribution in [0.15, 0.2) is 63.6 Å². The standard InChI is InChI=1S/C22H19BrN2O4S/c1-28-17-9-8-14(10-16(17)23)18-15(11-24)21(25-20(26)19(18)22(27)29-2)30-12-13-6-4-3-5-7-13/h3-10,18-19H,12H2,1-2H3,(H,25,26)/t18-,19-/m0/s1. The predicted octanol–water partition coefficient (Wildman–Crippen LogP) is 4.13. The van der Waals surface area contributed by atoms with Gasteiger partial charge in [0.2, 0.25) is 5.91 Å². The molecule has 0 saturated heterocycles. The van der Waals surface area contributed by atoms with E-state index in [0.717, 1.165) is 5.56 Å². The molecule has 1 aliphatic heterocycles.